The normalized spacial score (nSPS) is 15.0. The highest BCUT2D eigenvalue weighted by Crippen LogP contribution is 2.24. The molecule has 0 atom stereocenters. The summed E-state index contributed by atoms with van der Waals surface area (Å²) in [6, 6.07) is 13.5. The van der Waals surface area contributed by atoms with Crippen molar-refractivity contribution in [3.63, 3.8) is 0 Å². The quantitative estimate of drug-likeness (QED) is 0.790. The molecule has 0 unspecified atom stereocenters. The smallest absolute Gasteiger partial charge is 0.224 e. The number of rotatable bonds is 6. The van der Waals surface area contributed by atoms with Crippen molar-refractivity contribution in [2.75, 3.05) is 26.3 Å². The molecule has 3 rings (SSSR count). The summed E-state index contributed by atoms with van der Waals surface area (Å²) in [4.78, 5) is 13.9. The zero-order valence-electron chi connectivity index (χ0n) is 14.6. The number of carbonyl (C=O) groups excluding carboxylic acids is 1. The molecule has 0 radical (unpaired) electrons. The number of benzene rings is 2. The number of quaternary nitrogens is 1. The SMILES string of the molecule is O=C(Cc1c(Cl)cccc1Cl)NCc1ccccc1C[NH+]1CCOCC1. The van der Waals surface area contributed by atoms with E-state index in [9.17, 15) is 4.79 Å². The summed E-state index contributed by atoms with van der Waals surface area (Å²) >= 11 is 12.3. The van der Waals surface area contributed by atoms with Crippen LogP contribution >= 0.6 is 23.2 Å². The van der Waals surface area contributed by atoms with Crippen LogP contribution in [0.25, 0.3) is 0 Å². The summed E-state index contributed by atoms with van der Waals surface area (Å²) in [5, 5.41) is 4.02. The zero-order chi connectivity index (χ0) is 18.4. The Morgan fingerprint density at radius 2 is 1.65 bits per heavy atom. The van der Waals surface area contributed by atoms with Gasteiger partial charge < -0.3 is 15.0 Å². The molecule has 2 aromatic rings. The topological polar surface area (TPSA) is 42.8 Å². The molecule has 2 N–H and O–H groups in total. The van der Waals surface area contributed by atoms with E-state index in [1.54, 1.807) is 18.2 Å². The fourth-order valence-electron chi connectivity index (χ4n) is 3.13. The molecule has 0 spiro atoms. The van der Waals surface area contributed by atoms with Crippen molar-refractivity contribution < 1.29 is 14.4 Å². The molecule has 0 aromatic heterocycles. The lowest BCUT2D eigenvalue weighted by Gasteiger charge is -2.24. The van der Waals surface area contributed by atoms with Gasteiger partial charge in [0.05, 0.1) is 19.6 Å². The Bertz CT molecular complexity index is 741. The predicted molar refractivity (Wildman–Crippen MR) is 104 cm³/mol. The maximum absolute atomic E-state index is 12.3. The second-order valence-corrected chi connectivity index (χ2v) is 7.28. The van der Waals surface area contributed by atoms with E-state index < -0.39 is 0 Å². The monoisotopic (exact) mass is 393 g/mol. The van der Waals surface area contributed by atoms with Gasteiger partial charge in [-0.15, -0.1) is 0 Å². The third-order valence-electron chi connectivity index (χ3n) is 4.63. The van der Waals surface area contributed by atoms with Crippen LogP contribution in [0.1, 0.15) is 16.7 Å². The Hall–Kier alpha value is -1.59. The highest BCUT2D eigenvalue weighted by Gasteiger charge is 2.16. The van der Waals surface area contributed by atoms with Gasteiger partial charge in [0.2, 0.25) is 5.91 Å². The van der Waals surface area contributed by atoms with Crippen molar-refractivity contribution in [2.24, 2.45) is 0 Å². The minimum atomic E-state index is -0.0893. The number of carbonyl (C=O) groups is 1. The number of hydrogen-bond donors (Lipinski definition) is 2. The first-order valence-electron chi connectivity index (χ1n) is 8.81. The second kappa shape index (κ2) is 9.38. The van der Waals surface area contributed by atoms with Gasteiger partial charge in [0.1, 0.15) is 19.6 Å². The lowest BCUT2D eigenvalue weighted by Crippen LogP contribution is -3.12. The fraction of sp³-hybridized carbons (Fsp3) is 0.350. The van der Waals surface area contributed by atoms with Gasteiger partial charge in [-0.1, -0.05) is 53.5 Å². The van der Waals surface area contributed by atoms with E-state index in [1.807, 2.05) is 12.1 Å². The van der Waals surface area contributed by atoms with Crippen LogP contribution in [0.3, 0.4) is 0 Å². The maximum Gasteiger partial charge on any atom is 0.224 e. The average Bonchev–Trinajstić information content (AvgIpc) is 2.65. The minimum absolute atomic E-state index is 0.0893. The van der Waals surface area contributed by atoms with Crippen molar-refractivity contribution in [1.82, 2.24) is 5.32 Å². The first-order chi connectivity index (χ1) is 12.6. The Kier molecular flexibility index (Phi) is 6.92. The minimum Gasteiger partial charge on any atom is -0.370 e. The third kappa shape index (κ3) is 5.21. The molecule has 1 aliphatic heterocycles. The number of hydrogen-bond acceptors (Lipinski definition) is 2. The van der Waals surface area contributed by atoms with Gasteiger partial charge in [-0.3, -0.25) is 4.79 Å². The fourth-order valence-corrected chi connectivity index (χ4v) is 3.66. The molecule has 0 saturated carbocycles. The average molecular weight is 394 g/mol. The molecule has 4 nitrogen and oxygen atoms in total. The zero-order valence-corrected chi connectivity index (χ0v) is 16.1. The molecular formula is C20H23Cl2N2O2+. The van der Waals surface area contributed by atoms with Gasteiger partial charge in [0, 0.05) is 22.2 Å². The van der Waals surface area contributed by atoms with Gasteiger partial charge >= 0.3 is 0 Å². The van der Waals surface area contributed by atoms with Crippen LogP contribution in [0.15, 0.2) is 42.5 Å². The highest BCUT2D eigenvalue weighted by molar-refractivity contribution is 6.36. The molecule has 1 fully saturated rings. The van der Waals surface area contributed by atoms with Crippen LogP contribution < -0.4 is 10.2 Å². The number of halogens is 2. The Labute approximate surface area is 164 Å². The molecule has 0 bridgehead atoms. The Morgan fingerprint density at radius 1 is 1.00 bits per heavy atom. The van der Waals surface area contributed by atoms with E-state index in [0.717, 1.165) is 38.4 Å². The summed E-state index contributed by atoms with van der Waals surface area (Å²) in [7, 11) is 0. The molecule has 6 heteroatoms. The lowest BCUT2D eigenvalue weighted by atomic mass is 10.1. The largest absolute Gasteiger partial charge is 0.370 e. The van der Waals surface area contributed by atoms with Crippen LogP contribution in [-0.2, 0) is 29.0 Å². The van der Waals surface area contributed by atoms with Crippen molar-refractivity contribution in [3.8, 4) is 0 Å². The summed E-state index contributed by atoms with van der Waals surface area (Å²) < 4.78 is 5.42. The third-order valence-corrected chi connectivity index (χ3v) is 5.34. The summed E-state index contributed by atoms with van der Waals surface area (Å²) in [5.41, 5.74) is 3.07. The molecule has 26 heavy (non-hydrogen) atoms. The van der Waals surface area contributed by atoms with Crippen LogP contribution in [-0.4, -0.2) is 32.2 Å². The summed E-state index contributed by atoms with van der Waals surface area (Å²) in [6.45, 7) is 5.11. The van der Waals surface area contributed by atoms with E-state index in [0.29, 0.717) is 22.2 Å². The number of morpholine rings is 1. The van der Waals surface area contributed by atoms with E-state index in [1.165, 1.54) is 10.5 Å². The first kappa shape index (κ1) is 19.2. The molecule has 1 amide bonds. The van der Waals surface area contributed by atoms with Crippen LogP contribution in [0.4, 0.5) is 0 Å². The maximum atomic E-state index is 12.3. The van der Waals surface area contributed by atoms with Gasteiger partial charge in [-0.05, 0) is 23.3 Å². The van der Waals surface area contributed by atoms with Gasteiger partial charge in [0.25, 0.3) is 0 Å². The van der Waals surface area contributed by atoms with Gasteiger partial charge in [0.15, 0.2) is 0 Å². The lowest BCUT2D eigenvalue weighted by molar-refractivity contribution is -0.921. The van der Waals surface area contributed by atoms with E-state index in [2.05, 4.69) is 17.4 Å². The summed E-state index contributed by atoms with van der Waals surface area (Å²) in [6.07, 6.45) is 0.176. The van der Waals surface area contributed by atoms with E-state index in [-0.39, 0.29) is 12.3 Å². The predicted octanol–water partition coefficient (Wildman–Crippen LogP) is 2.27. The molecule has 1 aliphatic rings. The molecule has 2 aromatic carbocycles. The van der Waals surface area contributed by atoms with E-state index >= 15 is 0 Å². The van der Waals surface area contributed by atoms with Crippen molar-refractivity contribution in [3.05, 3.63) is 69.2 Å². The standard InChI is InChI=1S/C20H22Cl2N2O2/c21-18-6-3-7-19(22)17(18)12-20(25)23-13-15-4-1-2-5-16(15)14-24-8-10-26-11-9-24/h1-7H,8-14H2,(H,23,25)/p+1. The molecule has 0 aliphatic carbocycles. The van der Waals surface area contributed by atoms with Gasteiger partial charge in [-0.2, -0.15) is 0 Å². The number of nitrogens with one attached hydrogen (secondary N) is 2. The Morgan fingerprint density at radius 3 is 2.35 bits per heavy atom. The molecule has 1 saturated heterocycles. The highest BCUT2D eigenvalue weighted by atomic mass is 35.5. The van der Waals surface area contributed by atoms with Crippen LogP contribution in [0, 0.1) is 0 Å². The number of ether oxygens (including phenoxy) is 1. The van der Waals surface area contributed by atoms with Crippen molar-refractivity contribution in [2.45, 2.75) is 19.5 Å². The van der Waals surface area contributed by atoms with E-state index in [4.69, 9.17) is 27.9 Å². The first-order valence-corrected chi connectivity index (χ1v) is 9.57. The Balaban J connectivity index is 1.59. The van der Waals surface area contributed by atoms with Crippen LogP contribution in [0.2, 0.25) is 10.0 Å². The molecule has 1 heterocycles. The summed E-state index contributed by atoms with van der Waals surface area (Å²) in [5.74, 6) is -0.0893. The molecular weight excluding hydrogens is 371 g/mol. The van der Waals surface area contributed by atoms with Crippen molar-refractivity contribution >= 4 is 29.1 Å². The van der Waals surface area contributed by atoms with Crippen LogP contribution in [0.5, 0.6) is 0 Å². The second-order valence-electron chi connectivity index (χ2n) is 6.46. The number of amides is 1. The molecule has 138 valence electrons. The van der Waals surface area contributed by atoms with Gasteiger partial charge in [-0.25, -0.2) is 0 Å². The van der Waals surface area contributed by atoms with Crippen molar-refractivity contribution in [1.29, 1.82) is 0 Å².